The highest BCUT2D eigenvalue weighted by molar-refractivity contribution is 7.11. The number of nitrogens with one attached hydrogen (secondary N) is 2. The number of hydrazone groups is 1. The molecule has 1 aromatic carbocycles. The van der Waals surface area contributed by atoms with E-state index in [1.807, 2.05) is 6.07 Å². The second kappa shape index (κ2) is 8.21. The van der Waals surface area contributed by atoms with Crippen molar-refractivity contribution in [1.29, 1.82) is 0 Å². The van der Waals surface area contributed by atoms with Gasteiger partial charge in [-0.15, -0.1) is 0 Å². The first-order valence-corrected chi connectivity index (χ1v) is 8.10. The molecule has 0 unspecified atom stereocenters. The van der Waals surface area contributed by atoms with Crippen LogP contribution in [-0.4, -0.2) is 28.7 Å². The number of amides is 2. The van der Waals surface area contributed by atoms with Crippen molar-refractivity contribution in [3.8, 4) is 0 Å². The standard InChI is InChI=1S/C16H18N4O3S/c1-4-23-16(22)17-15-13(11(3)20-24-15)10(2)18-19-14(21)12-8-6-5-7-9-12/h5-9H,4H2,1-3H3,(H,17,22)(H,19,21)/b18-10+. The lowest BCUT2D eigenvalue weighted by atomic mass is 10.1. The van der Waals surface area contributed by atoms with Crippen molar-refractivity contribution in [2.75, 3.05) is 11.9 Å². The summed E-state index contributed by atoms with van der Waals surface area (Å²) in [4.78, 5) is 23.6. The average Bonchev–Trinajstić information content (AvgIpc) is 2.93. The summed E-state index contributed by atoms with van der Waals surface area (Å²) in [5.41, 5.74) is 4.93. The number of nitrogens with zero attached hydrogens (tertiary/aromatic N) is 2. The van der Waals surface area contributed by atoms with Crippen LogP contribution in [-0.2, 0) is 4.74 Å². The molecular formula is C16H18N4O3S. The number of rotatable bonds is 5. The summed E-state index contributed by atoms with van der Waals surface area (Å²) in [6.45, 7) is 5.54. The smallest absolute Gasteiger partial charge is 0.412 e. The summed E-state index contributed by atoms with van der Waals surface area (Å²) < 4.78 is 9.08. The molecule has 7 nitrogen and oxygen atoms in total. The SMILES string of the molecule is CCOC(=O)Nc1snc(C)c1/C(C)=N/NC(=O)c1ccccc1. The van der Waals surface area contributed by atoms with E-state index in [9.17, 15) is 9.59 Å². The summed E-state index contributed by atoms with van der Waals surface area (Å²) in [5, 5.41) is 7.27. The Morgan fingerprint density at radius 2 is 2.00 bits per heavy atom. The van der Waals surface area contributed by atoms with Gasteiger partial charge in [-0.2, -0.15) is 9.47 Å². The fourth-order valence-corrected chi connectivity index (χ4v) is 2.82. The van der Waals surface area contributed by atoms with Crippen LogP contribution >= 0.6 is 11.5 Å². The fourth-order valence-electron chi connectivity index (χ4n) is 1.99. The Bertz CT molecular complexity index is 756. The Morgan fingerprint density at radius 3 is 2.67 bits per heavy atom. The van der Waals surface area contributed by atoms with Gasteiger partial charge in [0, 0.05) is 5.56 Å². The third kappa shape index (κ3) is 4.39. The second-order valence-electron chi connectivity index (χ2n) is 4.82. The highest BCUT2D eigenvalue weighted by Crippen LogP contribution is 2.25. The van der Waals surface area contributed by atoms with Gasteiger partial charge in [-0.05, 0) is 44.4 Å². The molecule has 8 heteroatoms. The average molecular weight is 346 g/mol. The first kappa shape index (κ1) is 17.6. The predicted molar refractivity (Wildman–Crippen MR) is 93.6 cm³/mol. The Morgan fingerprint density at radius 1 is 1.29 bits per heavy atom. The lowest BCUT2D eigenvalue weighted by Crippen LogP contribution is -2.20. The van der Waals surface area contributed by atoms with Gasteiger partial charge < -0.3 is 4.74 Å². The van der Waals surface area contributed by atoms with E-state index in [2.05, 4.69) is 20.2 Å². The van der Waals surface area contributed by atoms with Crippen molar-refractivity contribution in [1.82, 2.24) is 9.80 Å². The van der Waals surface area contributed by atoms with Crippen LogP contribution in [0.25, 0.3) is 0 Å². The van der Waals surface area contributed by atoms with Gasteiger partial charge in [0.25, 0.3) is 5.91 Å². The lowest BCUT2D eigenvalue weighted by Gasteiger charge is -2.07. The number of hydrogen-bond acceptors (Lipinski definition) is 6. The van der Waals surface area contributed by atoms with Gasteiger partial charge in [0.2, 0.25) is 0 Å². The molecule has 2 amide bonds. The maximum absolute atomic E-state index is 12.0. The van der Waals surface area contributed by atoms with Gasteiger partial charge >= 0.3 is 6.09 Å². The Kier molecular flexibility index (Phi) is 6.02. The molecule has 1 heterocycles. The van der Waals surface area contributed by atoms with Crippen LogP contribution in [0.3, 0.4) is 0 Å². The number of benzene rings is 1. The number of aromatic nitrogens is 1. The van der Waals surface area contributed by atoms with E-state index in [1.165, 1.54) is 0 Å². The van der Waals surface area contributed by atoms with Crippen molar-refractivity contribution in [2.45, 2.75) is 20.8 Å². The lowest BCUT2D eigenvalue weighted by molar-refractivity contribution is 0.0954. The molecule has 0 spiro atoms. The van der Waals surface area contributed by atoms with Gasteiger partial charge in [0.05, 0.1) is 23.6 Å². The number of aryl methyl sites for hydroxylation is 1. The van der Waals surface area contributed by atoms with Crippen molar-refractivity contribution < 1.29 is 14.3 Å². The van der Waals surface area contributed by atoms with E-state index in [0.717, 1.165) is 11.5 Å². The molecule has 0 aliphatic rings. The monoisotopic (exact) mass is 346 g/mol. The zero-order chi connectivity index (χ0) is 17.5. The first-order chi connectivity index (χ1) is 11.5. The third-order valence-electron chi connectivity index (χ3n) is 3.08. The summed E-state index contributed by atoms with van der Waals surface area (Å²) >= 11 is 1.13. The van der Waals surface area contributed by atoms with Crippen molar-refractivity contribution in [2.24, 2.45) is 5.10 Å². The molecule has 0 saturated carbocycles. The van der Waals surface area contributed by atoms with Crippen LogP contribution in [0.4, 0.5) is 9.80 Å². The number of ether oxygens (including phenoxy) is 1. The van der Waals surface area contributed by atoms with Crippen molar-refractivity contribution in [3.63, 3.8) is 0 Å². The molecule has 0 aliphatic carbocycles. The molecule has 126 valence electrons. The van der Waals surface area contributed by atoms with Crippen LogP contribution in [0.1, 0.15) is 35.5 Å². The quantitative estimate of drug-likeness (QED) is 0.642. The van der Waals surface area contributed by atoms with Gasteiger partial charge in [-0.25, -0.2) is 10.2 Å². The summed E-state index contributed by atoms with van der Waals surface area (Å²) in [6, 6.07) is 8.79. The number of anilines is 1. The highest BCUT2D eigenvalue weighted by Gasteiger charge is 2.16. The molecule has 0 fully saturated rings. The highest BCUT2D eigenvalue weighted by atomic mass is 32.1. The van der Waals surface area contributed by atoms with Crippen LogP contribution < -0.4 is 10.7 Å². The largest absolute Gasteiger partial charge is 0.450 e. The number of hydrogen-bond donors (Lipinski definition) is 2. The number of carbonyl (C=O) groups is 2. The first-order valence-electron chi connectivity index (χ1n) is 7.33. The van der Waals surface area contributed by atoms with E-state index in [1.54, 1.807) is 45.0 Å². The summed E-state index contributed by atoms with van der Waals surface area (Å²) in [5.74, 6) is -0.310. The van der Waals surface area contributed by atoms with Gasteiger partial charge in [0.15, 0.2) is 0 Å². The van der Waals surface area contributed by atoms with E-state index < -0.39 is 6.09 Å². The maximum Gasteiger partial charge on any atom is 0.412 e. The molecular weight excluding hydrogens is 328 g/mol. The Balaban J connectivity index is 2.14. The fraction of sp³-hybridized carbons (Fsp3) is 0.250. The van der Waals surface area contributed by atoms with E-state index in [0.29, 0.717) is 27.5 Å². The molecule has 0 aliphatic heterocycles. The molecule has 0 saturated heterocycles. The summed E-state index contributed by atoms with van der Waals surface area (Å²) in [7, 11) is 0. The van der Waals surface area contributed by atoms with Crippen molar-refractivity contribution in [3.05, 3.63) is 47.2 Å². The summed E-state index contributed by atoms with van der Waals surface area (Å²) in [6.07, 6.45) is -0.552. The minimum atomic E-state index is -0.552. The topological polar surface area (TPSA) is 92.7 Å². The van der Waals surface area contributed by atoms with Crippen LogP contribution in [0.15, 0.2) is 35.4 Å². The van der Waals surface area contributed by atoms with E-state index >= 15 is 0 Å². The van der Waals surface area contributed by atoms with E-state index in [4.69, 9.17) is 4.74 Å². The van der Waals surface area contributed by atoms with Crippen LogP contribution in [0.5, 0.6) is 0 Å². The maximum atomic E-state index is 12.0. The molecule has 0 bridgehead atoms. The Labute approximate surface area is 143 Å². The van der Waals surface area contributed by atoms with Gasteiger partial charge in [-0.3, -0.25) is 10.1 Å². The van der Waals surface area contributed by atoms with Crippen molar-refractivity contribution >= 4 is 34.2 Å². The molecule has 0 radical (unpaired) electrons. The van der Waals surface area contributed by atoms with Crippen LogP contribution in [0, 0.1) is 6.92 Å². The third-order valence-corrected chi connectivity index (χ3v) is 3.93. The van der Waals surface area contributed by atoms with E-state index in [-0.39, 0.29) is 12.5 Å². The minimum Gasteiger partial charge on any atom is -0.450 e. The van der Waals surface area contributed by atoms with Gasteiger partial charge in [0.1, 0.15) is 5.00 Å². The molecule has 2 rings (SSSR count). The van der Waals surface area contributed by atoms with Gasteiger partial charge in [-0.1, -0.05) is 18.2 Å². The molecule has 0 atom stereocenters. The van der Waals surface area contributed by atoms with Crippen LogP contribution in [0.2, 0.25) is 0 Å². The minimum absolute atomic E-state index is 0.277. The number of carbonyl (C=O) groups excluding carboxylic acids is 2. The molecule has 1 aromatic heterocycles. The Hall–Kier alpha value is -2.74. The molecule has 24 heavy (non-hydrogen) atoms. The zero-order valence-electron chi connectivity index (χ0n) is 13.6. The molecule has 2 aromatic rings. The normalized spacial score (nSPS) is 11.0. The predicted octanol–water partition coefficient (Wildman–Crippen LogP) is 3.17. The molecule has 2 N–H and O–H groups in total. The second-order valence-corrected chi connectivity index (χ2v) is 5.60. The zero-order valence-corrected chi connectivity index (χ0v) is 14.4.